The smallest absolute Gasteiger partial charge is 0.343 e. The van der Waals surface area contributed by atoms with Crippen LogP contribution in [0.25, 0.3) is 0 Å². The van der Waals surface area contributed by atoms with Crippen LogP contribution in [0, 0.1) is 0 Å². The number of carbonyl (C=O) groups excluding carboxylic acids is 1. The van der Waals surface area contributed by atoms with E-state index in [1.54, 1.807) is 12.1 Å². The van der Waals surface area contributed by atoms with Crippen LogP contribution < -0.4 is 4.74 Å². The highest BCUT2D eigenvalue weighted by Crippen LogP contribution is 2.24. The van der Waals surface area contributed by atoms with Gasteiger partial charge in [-0.05, 0) is 55.7 Å². The van der Waals surface area contributed by atoms with Crippen LogP contribution in [0.5, 0.6) is 5.75 Å². The van der Waals surface area contributed by atoms with Gasteiger partial charge in [0.1, 0.15) is 17.3 Å². The van der Waals surface area contributed by atoms with Crippen LogP contribution in [0.1, 0.15) is 29.6 Å². The van der Waals surface area contributed by atoms with Crippen LogP contribution in [0.2, 0.25) is 0 Å². The molecule has 0 atom stereocenters. The number of rotatable bonds is 3. The number of benzene rings is 2. The summed E-state index contributed by atoms with van der Waals surface area (Å²) in [5, 5.41) is 0. The lowest BCUT2D eigenvalue weighted by atomic mass is 10.2. The Morgan fingerprint density at radius 1 is 0.857 bits per heavy atom. The second-order valence-corrected chi connectivity index (χ2v) is 7.46. The molecule has 0 spiro atoms. The molecule has 1 saturated heterocycles. The molecular weight excluding hydrogens is 280 g/mol. The fourth-order valence-electron chi connectivity index (χ4n) is 2.51. The van der Waals surface area contributed by atoms with Gasteiger partial charge in [-0.3, -0.25) is 0 Å². The zero-order valence-corrected chi connectivity index (χ0v) is 12.8. The third-order valence-electron chi connectivity index (χ3n) is 3.66. The van der Waals surface area contributed by atoms with Crippen LogP contribution in [0.3, 0.4) is 0 Å². The van der Waals surface area contributed by atoms with Gasteiger partial charge in [-0.25, -0.2) is 4.79 Å². The first-order valence-electron chi connectivity index (χ1n) is 7.38. The van der Waals surface area contributed by atoms with Crippen LogP contribution >= 0.6 is 0 Å². The van der Waals surface area contributed by atoms with Crippen molar-refractivity contribution in [1.29, 1.82) is 0 Å². The van der Waals surface area contributed by atoms with Gasteiger partial charge in [0, 0.05) is 10.9 Å². The Kier molecular flexibility index (Phi) is 4.61. The van der Waals surface area contributed by atoms with Gasteiger partial charge in [0.15, 0.2) is 4.90 Å². The molecule has 2 aromatic carbocycles. The highest BCUT2D eigenvalue weighted by Gasteiger charge is 2.24. The first-order chi connectivity index (χ1) is 10.3. The molecule has 3 rings (SSSR count). The summed E-state index contributed by atoms with van der Waals surface area (Å²) >= 11 is 0. The van der Waals surface area contributed by atoms with Crippen molar-refractivity contribution in [2.75, 3.05) is 11.5 Å². The zero-order valence-electron chi connectivity index (χ0n) is 12.0. The molecule has 1 heterocycles. The molecule has 0 saturated carbocycles. The topological polar surface area (TPSA) is 26.3 Å². The van der Waals surface area contributed by atoms with Crippen molar-refractivity contribution in [3.63, 3.8) is 0 Å². The van der Waals surface area contributed by atoms with E-state index < -0.39 is 0 Å². The van der Waals surface area contributed by atoms with Crippen LogP contribution in [-0.4, -0.2) is 17.5 Å². The van der Waals surface area contributed by atoms with Gasteiger partial charge in [-0.1, -0.05) is 18.2 Å². The van der Waals surface area contributed by atoms with E-state index in [0.29, 0.717) is 22.2 Å². The molecule has 3 heteroatoms. The fourth-order valence-corrected chi connectivity index (χ4v) is 4.81. The Labute approximate surface area is 128 Å². The average Bonchev–Trinajstić information content (AvgIpc) is 2.57. The second-order valence-electron chi connectivity index (χ2n) is 5.19. The van der Waals surface area contributed by atoms with Gasteiger partial charge in [0.25, 0.3) is 0 Å². The van der Waals surface area contributed by atoms with Gasteiger partial charge in [-0.2, -0.15) is 0 Å². The average molecular weight is 299 g/mol. The van der Waals surface area contributed by atoms with Crippen molar-refractivity contribution in [2.45, 2.75) is 24.2 Å². The van der Waals surface area contributed by atoms with E-state index in [-0.39, 0.29) is 5.97 Å². The van der Waals surface area contributed by atoms with Crippen LogP contribution in [0.4, 0.5) is 0 Å². The van der Waals surface area contributed by atoms with E-state index in [1.165, 1.54) is 35.7 Å². The molecule has 0 unspecified atom stereocenters. The summed E-state index contributed by atoms with van der Waals surface area (Å²) in [6, 6.07) is 17.1. The van der Waals surface area contributed by atoms with Gasteiger partial charge in [0.2, 0.25) is 0 Å². The molecule has 0 N–H and O–H groups in total. The first-order valence-corrected chi connectivity index (χ1v) is 8.94. The minimum Gasteiger partial charge on any atom is -0.423 e. The molecular formula is C18H19O2S+. The van der Waals surface area contributed by atoms with Crippen LogP contribution in [0.15, 0.2) is 59.5 Å². The molecule has 2 nitrogen and oxygen atoms in total. The van der Waals surface area contributed by atoms with Gasteiger partial charge in [-0.15, -0.1) is 0 Å². The van der Waals surface area contributed by atoms with E-state index in [4.69, 9.17) is 4.74 Å². The molecule has 108 valence electrons. The maximum Gasteiger partial charge on any atom is 0.343 e. The summed E-state index contributed by atoms with van der Waals surface area (Å²) in [5.41, 5.74) is 0.579. The molecule has 0 radical (unpaired) electrons. The molecule has 1 fully saturated rings. The zero-order chi connectivity index (χ0) is 14.5. The minimum absolute atomic E-state index is 0.302. The van der Waals surface area contributed by atoms with Gasteiger partial charge in [0.05, 0.1) is 5.56 Å². The Morgan fingerprint density at radius 2 is 1.52 bits per heavy atom. The molecule has 0 aliphatic carbocycles. The number of carbonyl (C=O) groups is 1. The van der Waals surface area contributed by atoms with Crippen molar-refractivity contribution in [3.05, 3.63) is 60.2 Å². The summed E-state index contributed by atoms with van der Waals surface area (Å²) in [6.07, 6.45) is 4.05. The fraction of sp³-hybridized carbons (Fsp3) is 0.278. The highest BCUT2D eigenvalue weighted by molar-refractivity contribution is 7.96. The Morgan fingerprint density at radius 3 is 2.19 bits per heavy atom. The number of hydrogen-bond acceptors (Lipinski definition) is 2. The molecule has 2 aromatic rings. The van der Waals surface area contributed by atoms with Gasteiger partial charge >= 0.3 is 5.97 Å². The summed E-state index contributed by atoms with van der Waals surface area (Å²) < 4.78 is 5.41. The number of esters is 1. The van der Waals surface area contributed by atoms with Gasteiger partial charge < -0.3 is 4.74 Å². The van der Waals surface area contributed by atoms with E-state index in [9.17, 15) is 4.79 Å². The molecule has 0 bridgehead atoms. The predicted molar refractivity (Wildman–Crippen MR) is 87.1 cm³/mol. The van der Waals surface area contributed by atoms with Crippen molar-refractivity contribution in [1.82, 2.24) is 0 Å². The Bertz CT molecular complexity index is 586. The van der Waals surface area contributed by atoms with Crippen molar-refractivity contribution in [3.8, 4) is 5.75 Å². The first kappa shape index (κ1) is 14.2. The Hall–Kier alpha value is -1.74. The summed E-state index contributed by atoms with van der Waals surface area (Å²) in [4.78, 5) is 13.4. The van der Waals surface area contributed by atoms with E-state index in [1.807, 2.05) is 30.3 Å². The SMILES string of the molecule is O=C(Oc1ccc([S+]2CCCCC2)cc1)c1ccccc1. The van der Waals surface area contributed by atoms with Crippen LogP contribution in [-0.2, 0) is 10.9 Å². The lowest BCUT2D eigenvalue weighted by Crippen LogP contribution is -2.17. The lowest BCUT2D eigenvalue weighted by Gasteiger charge is -2.13. The minimum atomic E-state index is -0.302. The van der Waals surface area contributed by atoms with E-state index in [2.05, 4.69) is 12.1 Å². The molecule has 0 amide bonds. The highest BCUT2D eigenvalue weighted by atomic mass is 32.2. The number of ether oxygens (including phenoxy) is 1. The van der Waals surface area contributed by atoms with Crippen molar-refractivity contribution in [2.24, 2.45) is 0 Å². The van der Waals surface area contributed by atoms with Crippen molar-refractivity contribution >= 4 is 16.9 Å². The normalized spacial score (nSPS) is 15.6. The number of hydrogen-bond donors (Lipinski definition) is 0. The summed E-state index contributed by atoms with van der Waals surface area (Å²) in [7, 11) is 0.395. The molecule has 1 aliphatic heterocycles. The molecule has 1 aliphatic rings. The van der Waals surface area contributed by atoms with E-state index in [0.717, 1.165) is 0 Å². The third kappa shape index (κ3) is 3.67. The quantitative estimate of drug-likeness (QED) is 0.485. The summed E-state index contributed by atoms with van der Waals surface area (Å²) in [6.45, 7) is 0. The predicted octanol–water partition coefficient (Wildman–Crippen LogP) is 4.07. The Balaban J connectivity index is 1.65. The largest absolute Gasteiger partial charge is 0.423 e. The standard InChI is InChI=1S/C18H19O2S/c19-18(15-7-3-1-4-8-15)20-16-9-11-17(12-10-16)21-13-5-2-6-14-21/h1,3-4,7-12H,2,5-6,13-14H2/q+1. The third-order valence-corrected chi connectivity index (χ3v) is 6.16. The monoisotopic (exact) mass is 299 g/mol. The lowest BCUT2D eigenvalue weighted by molar-refractivity contribution is 0.0734. The van der Waals surface area contributed by atoms with Crippen molar-refractivity contribution < 1.29 is 9.53 Å². The summed E-state index contributed by atoms with van der Waals surface area (Å²) in [5.74, 6) is 2.93. The maximum absolute atomic E-state index is 12.0. The second kappa shape index (κ2) is 6.81. The van der Waals surface area contributed by atoms with E-state index >= 15 is 0 Å². The molecule has 0 aromatic heterocycles. The maximum atomic E-state index is 12.0. The molecule has 21 heavy (non-hydrogen) atoms.